The molecule has 0 aromatic carbocycles. The number of carbonyl (C=O) groups is 1. The highest BCUT2D eigenvalue weighted by Gasteiger charge is 2.45. The number of amides is 1. The number of hydrogen-bond donors (Lipinski definition) is 3. The SMILES string of the molecule is CCCOCC1(N(O)O)N=C2N=CN=C2C(=O)N1. The van der Waals surface area contributed by atoms with Gasteiger partial charge >= 0.3 is 0 Å². The van der Waals surface area contributed by atoms with E-state index in [2.05, 4.69) is 20.3 Å². The van der Waals surface area contributed by atoms with Gasteiger partial charge in [-0.15, -0.1) is 0 Å². The van der Waals surface area contributed by atoms with E-state index in [4.69, 9.17) is 4.74 Å². The van der Waals surface area contributed by atoms with Crippen molar-refractivity contribution in [3.63, 3.8) is 0 Å². The predicted octanol–water partition coefficient (Wildman–Crippen LogP) is -0.842. The molecule has 0 aromatic rings. The number of nitrogens with zero attached hydrogens (tertiary/aromatic N) is 4. The van der Waals surface area contributed by atoms with Crippen LogP contribution in [0, 0.1) is 0 Å². The predicted molar refractivity (Wildman–Crippen MR) is 60.8 cm³/mol. The topological polar surface area (TPSA) is 119 Å². The Hall–Kier alpha value is -1.68. The molecule has 3 N–H and O–H groups in total. The average molecular weight is 255 g/mol. The van der Waals surface area contributed by atoms with Gasteiger partial charge in [-0.2, -0.15) is 0 Å². The zero-order valence-corrected chi connectivity index (χ0v) is 9.70. The van der Waals surface area contributed by atoms with Gasteiger partial charge in [0.25, 0.3) is 11.7 Å². The number of hydrogen-bond acceptors (Lipinski definition) is 8. The molecule has 0 saturated carbocycles. The standard InChI is InChI=1S/C9H13N5O4/c1-2-3-18-4-9(14(16)17)12-7-6(8(15)13-9)10-5-11-7/h5,16-17H,2-4H2,1H3,(H,13,15). The maximum atomic E-state index is 11.7. The van der Waals surface area contributed by atoms with E-state index in [1.807, 2.05) is 6.92 Å². The molecule has 18 heavy (non-hydrogen) atoms. The minimum atomic E-state index is -1.79. The lowest BCUT2D eigenvalue weighted by molar-refractivity contribution is -0.373. The number of hydroxylamine groups is 2. The van der Waals surface area contributed by atoms with E-state index < -0.39 is 11.7 Å². The largest absolute Gasteiger partial charge is 0.375 e. The van der Waals surface area contributed by atoms with Crippen molar-refractivity contribution in [1.29, 1.82) is 0 Å². The fourth-order valence-corrected chi connectivity index (χ4v) is 1.53. The van der Waals surface area contributed by atoms with E-state index in [-0.39, 0.29) is 23.4 Å². The number of rotatable bonds is 5. The third-order valence-corrected chi connectivity index (χ3v) is 2.38. The Balaban J connectivity index is 2.25. The van der Waals surface area contributed by atoms with E-state index in [9.17, 15) is 15.2 Å². The lowest BCUT2D eigenvalue weighted by Crippen LogP contribution is -2.65. The molecule has 2 aliphatic rings. The monoisotopic (exact) mass is 255 g/mol. The minimum Gasteiger partial charge on any atom is -0.375 e. The molecule has 0 fully saturated rings. The van der Waals surface area contributed by atoms with Crippen LogP contribution < -0.4 is 5.32 Å². The molecule has 2 rings (SSSR count). The molecule has 9 heteroatoms. The number of aliphatic imine (C=N–C) groups is 3. The first-order valence-corrected chi connectivity index (χ1v) is 5.38. The Kier molecular flexibility index (Phi) is 3.48. The number of ether oxygens (including phenoxy) is 1. The summed E-state index contributed by atoms with van der Waals surface area (Å²) in [6.45, 7) is 2.09. The van der Waals surface area contributed by atoms with Gasteiger partial charge in [0.15, 0.2) is 11.5 Å². The summed E-state index contributed by atoms with van der Waals surface area (Å²) in [7, 11) is 0. The van der Waals surface area contributed by atoms with Gasteiger partial charge in [-0.25, -0.2) is 15.0 Å². The second-order valence-electron chi connectivity index (χ2n) is 3.77. The van der Waals surface area contributed by atoms with E-state index >= 15 is 0 Å². The highest BCUT2D eigenvalue weighted by Crippen LogP contribution is 2.17. The molecule has 1 unspecified atom stereocenters. The second-order valence-corrected chi connectivity index (χ2v) is 3.77. The maximum Gasteiger partial charge on any atom is 0.276 e. The Morgan fingerprint density at radius 2 is 2.33 bits per heavy atom. The Morgan fingerprint density at radius 1 is 1.56 bits per heavy atom. The summed E-state index contributed by atoms with van der Waals surface area (Å²) in [5.74, 6) is -2.33. The Bertz CT molecular complexity index is 444. The van der Waals surface area contributed by atoms with Gasteiger partial charge < -0.3 is 10.1 Å². The summed E-state index contributed by atoms with van der Waals surface area (Å²) in [6.07, 6.45) is 1.93. The molecule has 0 saturated heterocycles. The molecule has 0 bridgehead atoms. The zero-order valence-electron chi connectivity index (χ0n) is 9.70. The van der Waals surface area contributed by atoms with Crippen molar-refractivity contribution in [1.82, 2.24) is 10.5 Å². The van der Waals surface area contributed by atoms with E-state index in [1.165, 1.54) is 6.34 Å². The van der Waals surface area contributed by atoms with Crippen LogP contribution in [0.1, 0.15) is 13.3 Å². The second kappa shape index (κ2) is 4.90. The number of nitrogens with one attached hydrogen (secondary N) is 1. The normalized spacial score (nSPS) is 25.9. The number of carbonyl (C=O) groups excluding carboxylic acids is 1. The highest BCUT2D eigenvalue weighted by molar-refractivity contribution is 6.69. The van der Waals surface area contributed by atoms with Crippen molar-refractivity contribution in [3.05, 3.63) is 0 Å². The van der Waals surface area contributed by atoms with Crippen LogP contribution >= 0.6 is 0 Å². The average Bonchev–Trinajstić information content (AvgIpc) is 2.77. The fourth-order valence-electron chi connectivity index (χ4n) is 1.53. The van der Waals surface area contributed by atoms with Crippen molar-refractivity contribution < 1.29 is 19.9 Å². The van der Waals surface area contributed by atoms with Crippen LogP contribution in [0.4, 0.5) is 0 Å². The Labute approximate surface area is 102 Å². The molecular formula is C9H13N5O4. The fraction of sp³-hybridized carbons (Fsp3) is 0.556. The van der Waals surface area contributed by atoms with Crippen molar-refractivity contribution in [2.24, 2.45) is 15.0 Å². The van der Waals surface area contributed by atoms with Gasteiger partial charge in [0.2, 0.25) is 0 Å². The van der Waals surface area contributed by atoms with Gasteiger partial charge in [-0.1, -0.05) is 6.92 Å². The summed E-state index contributed by atoms with van der Waals surface area (Å²) in [4.78, 5) is 23.2. The van der Waals surface area contributed by atoms with Gasteiger partial charge in [0.1, 0.15) is 12.9 Å². The summed E-state index contributed by atoms with van der Waals surface area (Å²) >= 11 is 0. The van der Waals surface area contributed by atoms with Crippen molar-refractivity contribution in [2.45, 2.75) is 19.1 Å². The zero-order chi connectivity index (χ0) is 13.2. The van der Waals surface area contributed by atoms with Crippen LogP contribution in [0.5, 0.6) is 0 Å². The van der Waals surface area contributed by atoms with Crippen LogP contribution in [-0.4, -0.2) is 58.4 Å². The van der Waals surface area contributed by atoms with Crippen LogP contribution in [0.2, 0.25) is 0 Å². The van der Waals surface area contributed by atoms with Crippen molar-refractivity contribution >= 4 is 23.8 Å². The lowest BCUT2D eigenvalue weighted by Gasteiger charge is -2.35. The molecular weight excluding hydrogens is 242 g/mol. The molecule has 98 valence electrons. The van der Waals surface area contributed by atoms with Crippen LogP contribution in [0.25, 0.3) is 0 Å². The summed E-state index contributed by atoms with van der Waals surface area (Å²) in [5.41, 5.74) is 0.0444. The third kappa shape index (κ3) is 2.16. The van der Waals surface area contributed by atoms with Crippen LogP contribution in [0.15, 0.2) is 15.0 Å². The molecule has 1 amide bonds. The minimum absolute atomic E-state index is 0.0444. The van der Waals surface area contributed by atoms with E-state index in [0.29, 0.717) is 6.61 Å². The highest BCUT2D eigenvalue weighted by atomic mass is 16.8. The first kappa shape index (κ1) is 12.8. The van der Waals surface area contributed by atoms with Gasteiger partial charge in [0.05, 0.1) is 0 Å². The molecule has 0 aromatic heterocycles. The Morgan fingerprint density at radius 3 is 3.00 bits per heavy atom. The molecule has 9 nitrogen and oxygen atoms in total. The number of amidine groups is 1. The first-order valence-electron chi connectivity index (χ1n) is 5.38. The summed E-state index contributed by atoms with van der Waals surface area (Å²) < 4.78 is 5.21. The lowest BCUT2D eigenvalue weighted by atomic mass is 10.2. The first-order chi connectivity index (χ1) is 8.59. The molecule has 1 atom stereocenters. The number of fused-ring (bicyclic) bond motifs is 1. The van der Waals surface area contributed by atoms with Crippen molar-refractivity contribution in [3.8, 4) is 0 Å². The van der Waals surface area contributed by atoms with Crippen LogP contribution in [0.3, 0.4) is 0 Å². The van der Waals surface area contributed by atoms with Crippen LogP contribution in [-0.2, 0) is 9.53 Å². The smallest absolute Gasteiger partial charge is 0.276 e. The van der Waals surface area contributed by atoms with Crippen molar-refractivity contribution in [2.75, 3.05) is 13.2 Å². The summed E-state index contributed by atoms with van der Waals surface area (Å²) in [5, 5.41) is 20.6. The molecule has 0 aliphatic carbocycles. The van der Waals surface area contributed by atoms with Gasteiger partial charge in [-0.3, -0.25) is 15.2 Å². The molecule has 0 radical (unpaired) electrons. The molecule has 2 heterocycles. The maximum absolute atomic E-state index is 11.7. The third-order valence-electron chi connectivity index (χ3n) is 2.38. The quantitative estimate of drug-likeness (QED) is 0.437. The molecule has 0 spiro atoms. The van der Waals surface area contributed by atoms with Gasteiger partial charge in [0, 0.05) is 6.61 Å². The van der Waals surface area contributed by atoms with E-state index in [0.717, 1.165) is 6.42 Å². The van der Waals surface area contributed by atoms with Gasteiger partial charge in [-0.05, 0) is 11.6 Å². The van der Waals surface area contributed by atoms with E-state index in [1.54, 1.807) is 0 Å². The molecule has 2 aliphatic heterocycles. The summed E-state index contributed by atoms with van der Waals surface area (Å²) in [6, 6.07) is 0.